The van der Waals surface area contributed by atoms with Crippen LogP contribution in [0.4, 0.5) is 5.82 Å². The summed E-state index contributed by atoms with van der Waals surface area (Å²) in [5, 5.41) is 9.93. The smallest absolute Gasteiger partial charge is 0.143 e. The molecule has 120 valence electrons. The fraction of sp³-hybridized carbons (Fsp3) is 0.625. The lowest BCUT2D eigenvalue weighted by molar-refractivity contribution is 0.0615. The van der Waals surface area contributed by atoms with Crippen molar-refractivity contribution in [2.24, 2.45) is 5.92 Å². The number of fused-ring (bicyclic) bond motifs is 1. The minimum Gasteiger partial charge on any atom is -0.394 e. The van der Waals surface area contributed by atoms with Crippen LogP contribution in [-0.2, 0) is 11.2 Å². The molecule has 1 saturated heterocycles. The second-order valence-electron chi connectivity index (χ2n) is 5.82. The van der Waals surface area contributed by atoms with Crippen LogP contribution in [0.25, 0.3) is 11.0 Å². The van der Waals surface area contributed by atoms with Crippen LogP contribution in [0.1, 0.15) is 25.3 Å². The van der Waals surface area contributed by atoms with Crippen molar-refractivity contribution in [3.05, 3.63) is 18.1 Å². The molecule has 0 aliphatic carbocycles. The Bertz CT molecular complexity index is 605. The summed E-state index contributed by atoms with van der Waals surface area (Å²) in [5.41, 5.74) is 2.20. The molecule has 0 aromatic carbocycles. The summed E-state index contributed by atoms with van der Waals surface area (Å²) >= 11 is 0. The van der Waals surface area contributed by atoms with Crippen molar-refractivity contribution in [2.45, 2.75) is 26.2 Å². The standard InChI is InChI=1S/C16H24N4O2/c1-2-13-9-17-15-14(13)16(19-11-18-15)20-5-3-12(4-6-20)10-22-8-7-21/h9,11-12,21H,2-8,10H2,1H3,(H,17,18,19). The van der Waals surface area contributed by atoms with Crippen LogP contribution in [0.2, 0.25) is 0 Å². The zero-order valence-corrected chi connectivity index (χ0v) is 13.1. The van der Waals surface area contributed by atoms with E-state index in [2.05, 4.69) is 26.8 Å². The van der Waals surface area contributed by atoms with Gasteiger partial charge in [-0.15, -0.1) is 0 Å². The number of aryl methyl sites for hydroxylation is 1. The fourth-order valence-corrected chi connectivity index (χ4v) is 3.15. The van der Waals surface area contributed by atoms with Gasteiger partial charge in [0.15, 0.2) is 0 Å². The highest BCUT2D eigenvalue weighted by atomic mass is 16.5. The molecule has 1 aliphatic rings. The molecular formula is C16H24N4O2. The van der Waals surface area contributed by atoms with Gasteiger partial charge < -0.3 is 19.7 Å². The quantitative estimate of drug-likeness (QED) is 0.795. The molecule has 6 nitrogen and oxygen atoms in total. The van der Waals surface area contributed by atoms with E-state index in [4.69, 9.17) is 9.84 Å². The fourth-order valence-electron chi connectivity index (χ4n) is 3.15. The van der Waals surface area contributed by atoms with Gasteiger partial charge in [-0.25, -0.2) is 9.97 Å². The number of aliphatic hydroxyl groups is 1. The maximum absolute atomic E-state index is 8.77. The van der Waals surface area contributed by atoms with E-state index in [1.165, 1.54) is 10.9 Å². The third-order valence-corrected chi connectivity index (χ3v) is 4.42. The number of rotatable bonds is 6. The van der Waals surface area contributed by atoms with Crippen molar-refractivity contribution >= 4 is 16.9 Å². The third kappa shape index (κ3) is 3.08. The van der Waals surface area contributed by atoms with Crippen LogP contribution in [-0.4, -0.2) is 53.0 Å². The number of anilines is 1. The molecule has 6 heteroatoms. The largest absolute Gasteiger partial charge is 0.394 e. The Kier molecular flexibility index (Phi) is 4.90. The van der Waals surface area contributed by atoms with E-state index in [1.54, 1.807) is 6.33 Å². The zero-order valence-electron chi connectivity index (χ0n) is 13.1. The number of hydrogen-bond donors (Lipinski definition) is 2. The monoisotopic (exact) mass is 304 g/mol. The minimum atomic E-state index is 0.102. The zero-order chi connectivity index (χ0) is 15.4. The maximum Gasteiger partial charge on any atom is 0.143 e. The van der Waals surface area contributed by atoms with Crippen LogP contribution in [0, 0.1) is 5.92 Å². The second-order valence-corrected chi connectivity index (χ2v) is 5.82. The SMILES string of the molecule is CCc1c[nH]c2ncnc(N3CCC(COCCO)CC3)c12. The molecular weight excluding hydrogens is 280 g/mol. The molecule has 0 spiro atoms. The summed E-state index contributed by atoms with van der Waals surface area (Å²) in [5.74, 6) is 1.63. The number of aromatic amines is 1. The van der Waals surface area contributed by atoms with Crippen molar-refractivity contribution < 1.29 is 9.84 Å². The Balaban J connectivity index is 1.70. The summed E-state index contributed by atoms with van der Waals surface area (Å²) in [4.78, 5) is 14.5. The number of hydrogen-bond acceptors (Lipinski definition) is 5. The number of nitrogens with one attached hydrogen (secondary N) is 1. The number of H-pyrrole nitrogens is 1. The molecule has 2 aromatic heterocycles. The van der Waals surface area contributed by atoms with Gasteiger partial charge in [0.2, 0.25) is 0 Å². The van der Waals surface area contributed by atoms with E-state index in [0.717, 1.165) is 50.4 Å². The first-order valence-electron chi connectivity index (χ1n) is 8.08. The van der Waals surface area contributed by atoms with E-state index in [1.807, 2.05) is 6.20 Å². The lowest BCUT2D eigenvalue weighted by Crippen LogP contribution is -2.36. The Morgan fingerprint density at radius 1 is 1.36 bits per heavy atom. The molecule has 0 bridgehead atoms. The first-order valence-corrected chi connectivity index (χ1v) is 8.08. The van der Waals surface area contributed by atoms with Gasteiger partial charge in [0.1, 0.15) is 17.8 Å². The van der Waals surface area contributed by atoms with Gasteiger partial charge in [0.25, 0.3) is 0 Å². The number of ether oxygens (including phenoxy) is 1. The third-order valence-electron chi connectivity index (χ3n) is 4.42. The van der Waals surface area contributed by atoms with Gasteiger partial charge in [0.05, 0.1) is 18.6 Å². The second kappa shape index (κ2) is 7.07. The van der Waals surface area contributed by atoms with Crippen LogP contribution < -0.4 is 4.90 Å². The van der Waals surface area contributed by atoms with Gasteiger partial charge in [0, 0.05) is 25.9 Å². The number of piperidine rings is 1. The van der Waals surface area contributed by atoms with Gasteiger partial charge in [-0.2, -0.15) is 0 Å². The Morgan fingerprint density at radius 3 is 2.91 bits per heavy atom. The summed E-state index contributed by atoms with van der Waals surface area (Å²) in [6.07, 6.45) is 6.86. The molecule has 22 heavy (non-hydrogen) atoms. The highest BCUT2D eigenvalue weighted by Crippen LogP contribution is 2.29. The highest BCUT2D eigenvalue weighted by molar-refractivity contribution is 5.90. The van der Waals surface area contributed by atoms with Crippen LogP contribution in [0.15, 0.2) is 12.5 Å². The molecule has 3 rings (SSSR count). The first-order chi connectivity index (χ1) is 10.8. The lowest BCUT2D eigenvalue weighted by atomic mass is 9.97. The van der Waals surface area contributed by atoms with Gasteiger partial charge in [-0.3, -0.25) is 0 Å². The highest BCUT2D eigenvalue weighted by Gasteiger charge is 2.23. The molecule has 0 amide bonds. The molecule has 1 aliphatic heterocycles. The van der Waals surface area contributed by atoms with Gasteiger partial charge in [-0.1, -0.05) is 6.92 Å². The average molecular weight is 304 g/mol. The Hall–Kier alpha value is -1.66. The molecule has 0 radical (unpaired) electrons. The summed E-state index contributed by atoms with van der Waals surface area (Å²) < 4.78 is 5.46. The predicted molar refractivity (Wildman–Crippen MR) is 86.1 cm³/mol. The van der Waals surface area contributed by atoms with Crippen LogP contribution >= 0.6 is 0 Å². The Morgan fingerprint density at radius 2 is 2.18 bits per heavy atom. The average Bonchev–Trinajstić information content (AvgIpc) is 2.99. The lowest BCUT2D eigenvalue weighted by Gasteiger charge is -2.33. The van der Waals surface area contributed by atoms with Gasteiger partial charge >= 0.3 is 0 Å². The molecule has 0 saturated carbocycles. The van der Waals surface area contributed by atoms with E-state index >= 15 is 0 Å². The molecule has 0 atom stereocenters. The van der Waals surface area contributed by atoms with E-state index in [0.29, 0.717) is 12.5 Å². The Labute approximate surface area is 130 Å². The van der Waals surface area contributed by atoms with Crippen molar-refractivity contribution in [1.29, 1.82) is 0 Å². The van der Waals surface area contributed by atoms with Gasteiger partial charge in [-0.05, 0) is 30.7 Å². The minimum absolute atomic E-state index is 0.102. The van der Waals surface area contributed by atoms with Crippen molar-refractivity contribution in [1.82, 2.24) is 15.0 Å². The van der Waals surface area contributed by atoms with E-state index < -0.39 is 0 Å². The maximum atomic E-state index is 8.77. The summed E-state index contributed by atoms with van der Waals surface area (Å²) in [6, 6.07) is 0. The normalized spacial score (nSPS) is 16.5. The number of aromatic nitrogens is 3. The first kappa shape index (κ1) is 15.2. The molecule has 3 heterocycles. The van der Waals surface area contributed by atoms with E-state index in [9.17, 15) is 0 Å². The number of nitrogens with zero attached hydrogens (tertiary/aromatic N) is 3. The topological polar surface area (TPSA) is 74.3 Å². The van der Waals surface area contributed by atoms with Crippen LogP contribution in [0.3, 0.4) is 0 Å². The van der Waals surface area contributed by atoms with Crippen LogP contribution in [0.5, 0.6) is 0 Å². The predicted octanol–water partition coefficient (Wildman–Crippen LogP) is 1.75. The van der Waals surface area contributed by atoms with Crippen molar-refractivity contribution in [3.63, 3.8) is 0 Å². The van der Waals surface area contributed by atoms with E-state index in [-0.39, 0.29) is 6.61 Å². The summed E-state index contributed by atoms with van der Waals surface area (Å²) in [7, 11) is 0. The van der Waals surface area contributed by atoms with Crippen molar-refractivity contribution in [3.8, 4) is 0 Å². The molecule has 2 N–H and O–H groups in total. The summed E-state index contributed by atoms with van der Waals surface area (Å²) in [6.45, 7) is 5.43. The molecule has 2 aromatic rings. The number of aliphatic hydroxyl groups excluding tert-OH is 1. The molecule has 0 unspecified atom stereocenters. The van der Waals surface area contributed by atoms with Crippen molar-refractivity contribution in [2.75, 3.05) is 37.8 Å². The molecule has 1 fully saturated rings.